The Morgan fingerprint density at radius 3 is 2.42 bits per heavy atom. The van der Waals surface area contributed by atoms with Crippen LogP contribution in [0.25, 0.3) is 0 Å². The van der Waals surface area contributed by atoms with Crippen molar-refractivity contribution in [3.63, 3.8) is 0 Å². The highest BCUT2D eigenvalue weighted by molar-refractivity contribution is 5.82. The topological polar surface area (TPSA) is 66.4 Å². The largest absolute Gasteiger partial charge is 0.481 e. The van der Waals surface area contributed by atoms with Crippen molar-refractivity contribution >= 4 is 11.9 Å². The first kappa shape index (κ1) is 14.4. The van der Waals surface area contributed by atoms with Gasteiger partial charge < -0.3 is 10.4 Å². The number of carbonyl (C=O) groups excluding carboxylic acids is 1. The van der Waals surface area contributed by atoms with Gasteiger partial charge in [-0.25, -0.2) is 0 Å². The van der Waals surface area contributed by atoms with Crippen molar-refractivity contribution in [3.8, 4) is 0 Å². The highest BCUT2D eigenvalue weighted by Crippen LogP contribution is 2.36. The summed E-state index contributed by atoms with van der Waals surface area (Å²) >= 11 is 0. The van der Waals surface area contributed by atoms with Crippen molar-refractivity contribution in [2.45, 2.75) is 70.8 Å². The Morgan fingerprint density at radius 2 is 1.79 bits per heavy atom. The molecule has 4 heteroatoms. The Kier molecular flexibility index (Phi) is 4.48. The molecule has 0 spiro atoms. The number of carboxylic acids is 1. The molecule has 108 valence electrons. The van der Waals surface area contributed by atoms with Gasteiger partial charge in [-0.05, 0) is 32.1 Å². The van der Waals surface area contributed by atoms with Gasteiger partial charge in [-0.15, -0.1) is 0 Å². The van der Waals surface area contributed by atoms with Crippen LogP contribution in [-0.4, -0.2) is 23.0 Å². The van der Waals surface area contributed by atoms with Crippen molar-refractivity contribution in [1.29, 1.82) is 0 Å². The number of amides is 1. The Balaban J connectivity index is 1.89. The van der Waals surface area contributed by atoms with Crippen LogP contribution in [0.3, 0.4) is 0 Å². The highest BCUT2D eigenvalue weighted by atomic mass is 16.4. The molecule has 0 aromatic carbocycles. The van der Waals surface area contributed by atoms with Crippen molar-refractivity contribution in [3.05, 3.63) is 0 Å². The summed E-state index contributed by atoms with van der Waals surface area (Å²) in [5.74, 6) is -0.857. The van der Waals surface area contributed by atoms with Crippen LogP contribution in [0.2, 0.25) is 0 Å². The molecule has 2 fully saturated rings. The van der Waals surface area contributed by atoms with E-state index in [1.807, 2.05) is 0 Å². The third-order valence-electron chi connectivity index (χ3n) is 4.86. The molecule has 2 N–H and O–H groups in total. The molecular weight excluding hydrogens is 242 g/mol. The van der Waals surface area contributed by atoms with Crippen LogP contribution in [0, 0.1) is 11.3 Å². The summed E-state index contributed by atoms with van der Waals surface area (Å²) in [4.78, 5) is 23.4. The number of rotatable bonds is 3. The predicted octanol–water partition coefficient (Wildman–Crippen LogP) is 2.72. The quantitative estimate of drug-likeness (QED) is 0.826. The zero-order valence-electron chi connectivity index (χ0n) is 11.8. The molecule has 1 amide bonds. The first-order chi connectivity index (χ1) is 9.01. The van der Waals surface area contributed by atoms with Crippen LogP contribution >= 0.6 is 0 Å². The summed E-state index contributed by atoms with van der Waals surface area (Å²) in [5, 5.41) is 12.2. The molecule has 2 unspecified atom stereocenters. The molecule has 4 nitrogen and oxygen atoms in total. The van der Waals surface area contributed by atoms with Crippen LogP contribution in [0.5, 0.6) is 0 Å². The van der Waals surface area contributed by atoms with Crippen LogP contribution in [-0.2, 0) is 9.59 Å². The zero-order chi connectivity index (χ0) is 13.9. The fraction of sp³-hybridized carbons (Fsp3) is 0.867. The molecule has 2 aliphatic rings. The third-order valence-corrected chi connectivity index (χ3v) is 4.86. The number of nitrogens with one attached hydrogen (secondary N) is 1. The molecule has 0 radical (unpaired) electrons. The van der Waals surface area contributed by atoms with Gasteiger partial charge in [-0.2, -0.15) is 0 Å². The first-order valence-corrected chi connectivity index (χ1v) is 7.55. The van der Waals surface area contributed by atoms with E-state index in [0.717, 1.165) is 44.9 Å². The second kappa shape index (κ2) is 5.93. The van der Waals surface area contributed by atoms with Gasteiger partial charge in [0.2, 0.25) is 5.91 Å². The lowest BCUT2D eigenvalue weighted by Crippen LogP contribution is -2.47. The van der Waals surface area contributed by atoms with Gasteiger partial charge in [0.1, 0.15) is 0 Å². The van der Waals surface area contributed by atoms with Crippen molar-refractivity contribution < 1.29 is 14.7 Å². The molecule has 2 rings (SSSR count). The fourth-order valence-electron chi connectivity index (χ4n) is 3.46. The van der Waals surface area contributed by atoms with Gasteiger partial charge in [0.25, 0.3) is 0 Å². The van der Waals surface area contributed by atoms with Crippen molar-refractivity contribution in [2.75, 3.05) is 0 Å². The summed E-state index contributed by atoms with van der Waals surface area (Å²) in [6.07, 6.45) is 8.59. The summed E-state index contributed by atoms with van der Waals surface area (Å²) in [5.41, 5.74) is -0.228. The van der Waals surface area contributed by atoms with Gasteiger partial charge in [-0.3, -0.25) is 9.59 Å². The normalized spacial score (nSPS) is 30.6. The minimum atomic E-state index is -0.720. The zero-order valence-corrected chi connectivity index (χ0v) is 11.8. The number of carboxylic acid groups (broad SMARTS) is 1. The Hall–Kier alpha value is -1.06. The second-order valence-electron chi connectivity index (χ2n) is 6.49. The molecule has 2 atom stereocenters. The molecule has 0 heterocycles. The maximum absolute atomic E-state index is 12.4. The van der Waals surface area contributed by atoms with Gasteiger partial charge in [0.05, 0.1) is 5.92 Å². The maximum Gasteiger partial charge on any atom is 0.306 e. The fourth-order valence-corrected chi connectivity index (χ4v) is 3.46. The van der Waals surface area contributed by atoms with Crippen molar-refractivity contribution in [2.24, 2.45) is 11.3 Å². The number of hydrogen-bond donors (Lipinski definition) is 2. The van der Waals surface area contributed by atoms with Crippen LogP contribution in [0.1, 0.15) is 64.7 Å². The maximum atomic E-state index is 12.4. The lowest BCUT2D eigenvalue weighted by molar-refractivity contribution is -0.144. The van der Waals surface area contributed by atoms with Crippen LogP contribution in [0.15, 0.2) is 0 Å². The molecule has 0 saturated heterocycles. The second-order valence-corrected chi connectivity index (χ2v) is 6.49. The van der Waals surface area contributed by atoms with E-state index in [2.05, 4.69) is 12.2 Å². The first-order valence-electron chi connectivity index (χ1n) is 7.55. The summed E-state index contributed by atoms with van der Waals surface area (Å²) in [6, 6.07) is 0.0566. The van der Waals surface area contributed by atoms with E-state index in [0.29, 0.717) is 6.42 Å². The molecule has 0 aliphatic heterocycles. The average Bonchev–Trinajstić information content (AvgIpc) is 2.40. The molecule has 2 saturated carbocycles. The number of carbonyl (C=O) groups is 2. The Morgan fingerprint density at radius 1 is 1.11 bits per heavy atom. The van der Waals surface area contributed by atoms with E-state index in [1.165, 1.54) is 6.42 Å². The summed E-state index contributed by atoms with van der Waals surface area (Å²) in [7, 11) is 0. The van der Waals surface area contributed by atoms with E-state index in [4.69, 9.17) is 5.11 Å². The van der Waals surface area contributed by atoms with Gasteiger partial charge in [0, 0.05) is 11.5 Å². The molecule has 19 heavy (non-hydrogen) atoms. The third kappa shape index (κ3) is 3.48. The molecular formula is C15H25NO3. The summed E-state index contributed by atoms with van der Waals surface area (Å²) in [6.45, 7) is 2.05. The minimum absolute atomic E-state index is 0.0566. The van der Waals surface area contributed by atoms with Crippen molar-refractivity contribution in [1.82, 2.24) is 5.32 Å². The van der Waals surface area contributed by atoms with Gasteiger partial charge in [-0.1, -0.05) is 32.6 Å². The molecule has 0 bridgehead atoms. The van der Waals surface area contributed by atoms with Crippen LogP contribution in [0.4, 0.5) is 0 Å². The number of aliphatic carboxylic acids is 1. The summed E-state index contributed by atoms with van der Waals surface area (Å²) < 4.78 is 0. The monoisotopic (exact) mass is 267 g/mol. The van der Waals surface area contributed by atoms with Gasteiger partial charge >= 0.3 is 5.97 Å². The van der Waals surface area contributed by atoms with E-state index in [1.54, 1.807) is 0 Å². The molecule has 2 aliphatic carbocycles. The SMILES string of the molecule is CC1(C(=O)NC2CCCC(C(=O)O)C2)CCCCC1. The van der Waals surface area contributed by atoms with E-state index >= 15 is 0 Å². The van der Waals surface area contributed by atoms with E-state index in [-0.39, 0.29) is 23.3 Å². The highest BCUT2D eigenvalue weighted by Gasteiger charge is 2.36. The standard InChI is InChI=1S/C15H25NO3/c1-15(8-3-2-4-9-15)14(19)16-12-7-5-6-11(10-12)13(17)18/h11-12H,2-10H2,1H3,(H,16,19)(H,17,18). The molecule has 0 aromatic heterocycles. The predicted molar refractivity (Wildman–Crippen MR) is 72.7 cm³/mol. The molecule has 0 aromatic rings. The smallest absolute Gasteiger partial charge is 0.306 e. The van der Waals surface area contributed by atoms with Gasteiger partial charge in [0.15, 0.2) is 0 Å². The average molecular weight is 267 g/mol. The van der Waals surface area contributed by atoms with E-state index < -0.39 is 5.97 Å². The van der Waals surface area contributed by atoms with Crippen LogP contribution < -0.4 is 5.32 Å². The lowest BCUT2D eigenvalue weighted by atomic mass is 9.74. The number of hydrogen-bond acceptors (Lipinski definition) is 2. The minimum Gasteiger partial charge on any atom is -0.481 e. The van der Waals surface area contributed by atoms with E-state index in [9.17, 15) is 9.59 Å². The Labute approximate surface area is 115 Å². The lowest BCUT2D eigenvalue weighted by Gasteiger charge is -2.35. The Bertz CT molecular complexity index is 347.